The highest BCUT2D eigenvalue weighted by Gasteiger charge is 2.19. The smallest absolute Gasteiger partial charge is 0.119 e. The van der Waals surface area contributed by atoms with Crippen LogP contribution in [-0.4, -0.2) is 13.7 Å². The molecule has 0 saturated carbocycles. The molecule has 2 nitrogen and oxygen atoms in total. The maximum absolute atomic E-state index is 5.72. The lowest BCUT2D eigenvalue weighted by Gasteiger charge is -2.25. The summed E-state index contributed by atoms with van der Waals surface area (Å²) in [5.41, 5.74) is 2.62. The lowest BCUT2D eigenvalue weighted by molar-refractivity contribution is 0.0444. The second-order valence-electron chi connectivity index (χ2n) is 3.70. The number of hydrogen-bond donors (Lipinski definition) is 0. The van der Waals surface area contributed by atoms with E-state index >= 15 is 0 Å². The van der Waals surface area contributed by atoms with Gasteiger partial charge in [0.2, 0.25) is 0 Å². The molecule has 0 fully saturated rings. The largest absolute Gasteiger partial charge is 0.497 e. The number of fused-ring (bicyclic) bond motifs is 1. The van der Waals surface area contributed by atoms with Gasteiger partial charge in [-0.2, -0.15) is 0 Å². The Kier molecular flexibility index (Phi) is 3.07. The Morgan fingerprint density at radius 2 is 2.47 bits per heavy atom. The maximum atomic E-state index is 5.72. The minimum atomic E-state index is 0.154. The number of methoxy groups -OCH3 is 1. The number of hydrogen-bond acceptors (Lipinski definition) is 2. The number of rotatable bonds is 3. The lowest BCUT2D eigenvalue weighted by atomic mass is 9.95. The molecule has 15 heavy (non-hydrogen) atoms. The first-order valence-electron chi connectivity index (χ1n) is 5.24. The Morgan fingerprint density at radius 3 is 3.20 bits per heavy atom. The molecule has 1 heterocycles. The Hall–Kier alpha value is -1.28. The molecule has 0 radical (unpaired) electrons. The van der Waals surface area contributed by atoms with Crippen LogP contribution in [0, 0.1) is 0 Å². The zero-order chi connectivity index (χ0) is 10.7. The minimum Gasteiger partial charge on any atom is -0.497 e. The SMILES string of the molecule is C=CCC1OCCc2ccc(OC)cc21. The van der Waals surface area contributed by atoms with E-state index in [2.05, 4.69) is 18.7 Å². The molecule has 0 amide bonds. The van der Waals surface area contributed by atoms with E-state index in [1.807, 2.05) is 12.1 Å². The average Bonchev–Trinajstić information content (AvgIpc) is 2.29. The van der Waals surface area contributed by atoms with Gasteiger partial charge >= 0.3 is 0 Å². The van der Waals surface area contributed by atoms with E-state index in [4.69, 9.17) is 9.47 Å². The van der Waals surface area contributed by atoms with Crippen LogP contribution in [0.15, 0.2) is 30.9 Å². The molecule has 1 aliphatic heterocycles. The summed E-state index contributed by atoms with van der Waals surface area (Å²) < 4.78 is 10.9. The Bertz CT molecular complexity index is 358. The molecule has 0 aromatic heterocycles. The molecule has 1 aliphatic rings. The van der Waals surface area contributed by atoms with Crippen molar-refractivity contribution in [2.45, 2.75) is 18.9 Å². The summed E-state index contributed by atoms with van der Waals surface area (Å²) in [6.45, 7) is 4.56. The third kappa shape index (κ3) is 2.05. The summed E-state index contributed by atoms with van der Waals surface area (Å²) in [6, 6.07) is 6.21. The molecule has 0 saturated heterocycles. The average molecular weight is 204 g/mol. The molecular formula is C13H16O2. The van der Waals surface area contributed by atoms with Gasteiger partial charge in [0, 0.05) is 0 Å². The van der Waals surface area contributed by atoms with Gasteiger partial charge in [0.25, 0.3) is 0 Å². The third-order valence-electron chi connectivity index (χ3n) is 2.77. The van der Waals surface area contributed by atoms with Crippen LogP contribution in [0.5, 0.6) is 5.75 Å². The molecule has 1 atom stereocenters. The molecule has 2 rings (SSSR count). The van der Waals surface area contributed by atoms with Crippen LogP contribution in [0.4, 0.5) is 0 Å². The van der Waals surface area contributed by atoms with Gasteiger partial charge in [-0.15, -0.1) is 6.58 Å². The van der Waals surface area contributed by atoms with Crippen LogP contribution in [0.3, 0.4) is 0 Å². The monoisotopic (exact) mass is 204 g/mol. The van der Waals surface area contributed by atoms with Crippen molar-refractivity contribution in [3.05, 3.63) is 42.0 Å². The molecule has 0 N–H and O–H groups in total. The van der Waals surface area contributed by atoms with Crippen molar-refractivity contribution in [3.63, 3.8) is 0 Å². The van der Waals surface area contributed by atoms with Gasteiger partial charge in [-0.1, -0.05) is 12.1 Å². The van der Waals surface area contributed by atoms with E-state index in [1.165, 1.54) is 11.1 Å². The predicted molar refractivity (Wildman–Crippen MR) is 60.2 cm³/mol. The van der Waals surface area contributed by atoms with Crippen LogP contribution >= 0.6 is 0 Å². The van der Waals surface area contributed by atoms with Gasteiger partial charge in [0.15, 0.2) is 0 Å². The molecule has 1 aromatic carbocycles. The molecule has 0 bridgehead atoms. The summed E-state index contributed by atoms with van der Waals surface area (Å²) in [5, 5.41) is 0. The highest BCUT2D eigenvalue weighted by atomic mass is 16.5. The molecular weight excluding hydrogens is 188 g/mol. The van der Waals surface area contributed by atoms with Crippen molar-refractivity contribution >= 4 is 0 Å². The van der Waals surface area contributed by atoms with Crippen LogP contribution in [0.1, 0.15) is 23.7 Å². The fourth-order valence-corrected chi connectivity index (χ4v) is 1.97. The van der Waals surface area contributed by atoms with E-state index in [0.717, 1.165) is 25.2 Å². The second kappa shape index (κ2) is 4.49. The van der Waals surface area contributed by atoms with Gasteiger partial charge in [0.05, 0.1) is 19.8 Å². The van der Waals surface area contributed by atoms with E-state index in [1.54, 1.807) is 7.11 Å². The Balaban J connectivity index is 2.34. The summed E-state index contributed by atoms with van der Waals surface area (Å²) in [7, 11) is 1.69. The third-order valence-corrected chi connectivity index (χ3v) is 2.77. The van der Waals surface area contributed by atoms with Crippen LogP contribution in [-0.2, 0) is 11.2 Å². The van der Waals surface area contributed by atoms with Crippen molar-refractivity contribution in [1.82, 2.24) is 0 Å². The molecule has 2 heteroatoms. The summed E-state index contributed by atoms with van der Waals surface area (Å²) in [6.07, 6.45) is 3.91. The quantitative estimate of drug-likeness (QED) is 0.705. The van der Waals surface area contributed by atoms with Crippen LogP contribution in [0.25, 0.3) is 0 Å². The van der Waals surface area contributed by atoms with Gasteiger partial charge in [-0.05, 0) is 36.1 Å². The highest BCUT2D eigenvalue weighted by molar-refractivity contribution is 5.38. The van der Waals surface area contributed by atoms with Gasteiger partial charge in [-0.3, -0.25) is 0 Å². The fraction of sp³-hybridized carbons (Fsp3) is 0.385. The molecule has 1 aromatic rings. The first-order valence-corrected chi connectivity index (χ1v) is 5.24. The van der Waals surface area contributed by atoms with Crippen molar-refractivity contribution < 1.29 is 9.47 Å². The number of benzene rings is 1. The van der Waals surface area contributed by atoms with Crippen molar-refractivity contribution in [2.24, 2.45) is 0 Å². The molecule has 0 aliphatic carbocycles. The second-order valence-corrected chi connectivity index (χ2v) is 3.70. The minimum absolute atomic E-state index is 0.154. The first-order chi connectivity index (χ1) is 7.35. The topological polar surface area (TPSA) is 18.5 Å². The van der Waals surface area contributed by atoms with E-state index < -0.39 is 0 Å². The summed E-state index contributed by atoms with van der Waals surface area (Å²) >= 11 is 0. The summed E-state index contributed by atoms with van der Waals surface area (Å²) in [4.78, 5) is 0. The lowest BCUT2D eigenvalue weighted by Crippen LogP contribution is -2.15. The Morgan fingerprint density at radius 1 is 1.60 bits per heavy atom. The summed E-state index contributed by atoms with van der Waals surface area (Å²) in [5.74, 6) is 0.897. The number of ether oxygens (including phenoxy) is 2. The highest BCUT2D eigenvalue weighted by Crippen LogP contribution is 2.32. The Labute approximate surface area is 90.5 Å². The van der Waals surface area contributed by atoms with E-state index in [-0.39, 0.29) is 6.10 Å². The van der Waals surface area contributed by atoms with E-state index in [0.29, 0.717) is 0 Å². The normalized spacial score (nSPS) is 19.4. The van der Waals surface area contributed by atoms with Gasteiger partial charge < -0.3 is 9.47 Å². The van der Waals surface area contributed by atoms with Crippen LogP contribution < -0.4 is 4.74 Å². The van der Waals surface area contributed by atoms with Crippen molar-refractivity contribution in [1.29, 1.82) is 0 Å². The van der Waals surface area contributed by atoms with Crippen molar-refractivity contribution in [3.8, 4) is 5.75 Å². The predicted octanol–water partition coefficient (Wildman–Crippen LogP) is 2.89. The van der Waals surface area contributed by atoms with Gasteiger partial charge in [-0.25, -0.2) is 0 Å². The molecule has 1 unspecified atom stereocenters. The molecule has 80 valence electrons. The zero-order valence-electron chi connectivity index (χ0n) is 9.03. The maximum Gasteiger partial charge on any atom is 0.119 e. The standard InChI is InChI=1S/C13H16O2/c1-3-4-13-12-9-11(14-2)6-5-10(12)7-8-15-13/h3,5-6,9,13H,1,4,7-8H2,2H3. The first kappa shape index (κ1) is 10.2. The molecule has 0 spiro atoms. The van der Waals surface area contributed by atoms with Crippen molar-refractivity contribution in [2.75, 3.05) is 13.7 Å². The van der Waals surface area contributed by atoms with E-state index in [9.17, 15) is 0 Å². The fourth-order valence-electron chi connectivity index (χ4n) is 1.97. The van der Waals surface area contributed by atoms with Gasteiger partial charge in [0.1, 0.15) is 5.75 Å². The van der Waals surface area contributed by atoms with Crippen LogP contribution in [0.2, 0.25) is 0 Å². The zero-order valence-corrected chi connectivity index (χ0v) is 9.03.